The molecule has 2 N–H and O–H groups in total. The molecule has 1 amide bonds. The van der Waals surface area contributed by atoms with Crippen molar-refractivity contribution in [2.24, 2.45) is 0 Å². The lowest BCUT2D eigenvalue weighted by Gasteiger charge is -2.22. The van der Waals surface area contributed by atoms with Crippen molar-refractivity contribution in [2.45, 2.75) is 38.1 Å². The molecule has 1 saturated carbocycles. The lowest BCUT2D eigenvalue weighted by Crippen LogP contribution is -2.36. The topological polar surface area (TPSA) is 66.9 Å². The first-order valence-electron chi connectivity index (χ1n) is 7.87. The number of halogens is 1. The molecular weight excluding hydrogens is 312 g/mol. The molecule has 0 atom stereocenters. The Bertz CT molecular complexity index is 686. The van der Waals surface area contributed by atoms with Crippen LogP contribution < -0.4 is 10.6 Å². The van der Waals surface area contributed by atoms with E-state index in [1.54, 1.807) is 12.1 Å². The zero-order chi connectivity index (χ0) is 16.1. The van der Waals surface area contributed by atoms with E-state index >= 15 is 0 Å². The molecule has 0 saturated heterocycles. The molecule has 1 aromatic carbocycles. The van der Waals surface area contributed by atoms with Crippen LogP contribution in [0.15, 0.2) is 36.7 Å². The Labute approximate surface area is 140 Å². The minimum Gasteiger partial charge on any atom is -0.348 e. The van der Waals surface area contributed by atoms with Crippen LogP contribution in [0.1, 0.15) is 42.6 Å². The van der Waals surface area contributed by atoms with E-state index in [-0.39, 0.29) is 11.9 Å². The van der Waals surface area contributed by atoms with Crippen LogP contribution in [0.4, 0.5) is 11.5 Å². The Hall–Kier alpha value is -2.14. The number of para-hydroxylation sites is 1. The normalized spacial score (nSPS) is 15.2. The summed E-state index contributed by atoms with van der Waals surface area (Å²) >= 11 is 6.12. The van der Waals surface area contributed by atoms with E-state index in [0.29, 0.717) is 16.5 Å². The summed E-state index contributed by atoms with van der Waals surface area (Å²) < 4.78 is 0. The second-order valence-corrected chi connectivity index (χ2v) is 6.11. The maximum absolute atomic E-state index is 12.3. The fraction of sp³-hybridized carbons (Fsp3) is 0.353. The fourth-order valence-electron chi connectivity index (χ4n) is 2.76. The van der Waals surface area contributed by atoms with Gasteiger partial charge >= 0.3 is 0 Å². The summed E-state index contributed by atoms with van der Waals surface area (Å²) in [6.45, 7) is 0. The van der Waals surface area contributed by atoms with Crippen LogP contribution in [0.3, 0.4) is 0 Å². The predicted octanol–water partition coefficient (Wildman–Crippen LogP) is 3.94. The number of aromatic nitrogens is 2. The molecule has 1 aliphatic rings. The number of benzene rings is 1. The third-order valence-corrected chi connectivity index (χ3v) is 4.31. The van der Waals surface area contributed by atoms with Gasteiger partial charge in [0.15, 0.2) is 0 Å². The average molecular weight is 331 g/mol. The summed E-state index contributed by atoms with van der Waals surface area (Å²) in [5, 5.41) is 6.76. The summed E-state index contributed by atoms with van der Waals surface area (Å²) in [6, 6.07) is 9.28. The third kappa shape index (κ3) is 4.20. The van der Waals surface area contributed by atoms with Gasteiger partial charge in [-0.2, -0.15) is 0 Å². The second-order valence-electron chi connectivity index (χ2n) is 5.70. The van der Waals surface area contributed by atoms with Crippen molar-refractivity contribution >= 4 is 29.0 Å². The average Bonchev–Trinajstić information content (AvgIpc) is 2.58. The maximum Gasteiger partial charge on any atom is 0.270 e. The Morgan fingerprint density at radius 2 is 1.91 bits per heavy atom. The number of hydrogen-bond donors (Lipinski definition) is 2. The van der Waals surface area contributed by atoms with Gasteiger partial charge in [0.2, 0.25) is 0 Å². The number of anilines is 2. The molecule has 0 unspecified atom stereocenters. The van der Waals surface area contributed by atoms with E-state index < -0.39 is 0 Å². The smallest absolute Gasteiger partial charge is 0.270 e. The van der Waals surface area contributed by atoms with Crippen LogP contribution in [0, 0.1) is 0 Å². The molecule has 23 heavy (non-hydrogen) atoms. The van der Waals surface area contributed by atoms with Crippen LogP contribution in [0.2, 0.25) is 5.02 Å². The molecule has 0 bridgehead atoms. The van der Waals surface area contributed by atoms with Gasteiger partial charge in [0.25, 0.3) is 5.91 Å². The molecule has 3 rings (SSSR count). The summed E-state index contributed by atoms with van der Waals surface area (Å²) in [6.07, 6.45) is 7.08. The van der Waals surface area contributed by atoms with Crippen LogP contribution in [-0.2, 0) is 0 Å². The highest BCUT2D eigenvalue weighted by Crippen LogP contribution is 2.24. The molecule has 120 valence electrons. The van der Waals surface area contributed by atoms with Gasteiger partial charge in [-0.25, -0.2) is 9.97 Å². The molecule has 1 fully saturated rings. The highest BCUT2D eigenvalue weighted by molar-refractivity contribution is 6.33. The Morgan fingerprint density at radius 1 is 1.13 bits per heavy atom. The zero-order valence-electron chi connectivity index (χ0n) is 12.8. The van der Waals surface area contributed by atoms with Gasteiger partial charge in [-0.05, 0) is 25.0 Å². The van der Waals surface area contributed by atoms with Crippen molar-refractivity contribution in [1.82, 2.24) is 15.3 Å². The molecule has 0 aliphatic heterocycles. The number of carbonyl (C=O) groups is 1. The summed E-state index contributed by atoms with van der Waals surface area (Å²) in [7, 11) is 0. The first-order chi connectivity index (χ1) is 11.2. The lowest BCUT2D eigenvalue weighted by molar-refractivity contribution is 0.0922. The molecule has 0 radical (unpaired) electrons. The quantitative estimate of drug-likeness (QED) is 0.891. The molecule has 6 heteroatoms. The molecule has 1 aliphatic carbocycles. The molecule has 1 heterocycles. The van der Waals surface area contributed by atoms with Crippen LogP contribution in [-0.4, -0.2) is 21.9 Å². The first-order valence-corrected chi connectivity index (χ1v) is 8.24. The standard InChI is InChI=1S/C17H19ClN4O/c18-13-8-4-5-9-14(13)22-16-10-15(19-11-20-16)17(23)21-12-6-2-1-3-7-12/h4-5,8-12H,1-3,6-7H2,(H,21,23)(H,19,20,22). The van der Waals surface area contributed by atoms with Gasteiger partial charge in [-0.3, -0.25) is 4.79 Å². The number of rotatable bonds is 4. The van der Waals surface area contributed by atoms with E-state index in [1.165, 1.54) is 25.6 Å². The summed E-state index contributed by atoms with van der Waals surface area (Å²) in [5.41, 5.74) is 1.10. The minimum absolute atomic E-state index is 0.151. The second kappa shape index (κ2) is 7.42. The van der Waals surface area contributed by atoms with Crippen LogP contribution in [0.5, 0.6) is 0 Å². The van der Waals surface area contributed by atoms with Gasteiger partial charge in [0, 0.05) is 12.1 Å². The van der Waals surface area contributed by atoms with Crippen molar-refractivity contribution in [1.29, 1.82) is 0 Å². The molecule has 1 aromatic heterocycles. The molecule has 2 aromatic rings. The van der Waals surface area contributed by atoms with E-state index in [2.05, 4.69) is 20.6 Å². The fourth-order valence-corrected chi connectivity index (χ4v) is 2.94. The highest BCUT2D eigenvalue weighted by atomic mass is 35.5. The van der Waals surface area contributed by atoms with Crippen molar-refractivity contribution in [3.05, 3.63) is 47.4 Å². The monoisotopic (exact) mass is 330 g/mol. The van der Waals surface area contributed by atoms with E-state index in [1.807, 2.05) is 18.2 Å². The van der Waals surface area contributed by atoms with Gasteiger partial charge in [-0.1, -0.05) is 43.0 Å². The SMILES string of the molecule is O=C(NC1CCCCC1)c1cc(Nc2ccccc2Cl)ncn1. The van der Waals surface area contributed by atoms with Crippen LogP contribution >= 0.6 is 11.6 Å². The van der Waals surface area contributed by atoms with Crippen molar-refractivity contribution in [3.63, 3.8) is 0 Å². The Kier molecular flexibility index (Phi) is 5.08. The van der Waals surface area contributed by atoms with E-state index in [4.69, 9.17) is 11.6 Å². The highest BCUT2D eigenvalue weighted by Gasteiger charge is 2.17. The lowest BCUT2D eigenvalue weighted by atomic mass is 9.95. The zero-order valence-corrected chi connectivity index (χ0v) is 13.5. The number of carbonyl (C=O) groups excluding carboxylic acids is 1. The maximum atomic E-state index is 12.3. The van der Waals surface area contributed by atoms with Crippen molar-refractivity contribution in [2.75, 3.05) is 5.32 Å². The predicted molar refractivity (Wildman–Crippen MR) is 91.1 cm³/mol. The van der Waals surface area contributed by atoms with Crippen LogP contribution in [0.25, 0.3) is 0 Å². The summed E-state index contributed by atoms with van der Waals surface area (Å²) in [4.78, 5) is 20.5. The molecular formula is C17H19ClN4O. The third-order valence-electron chi connectivity index (χ3n) is 3.98. The van der Waals surface area contributed by atoms with Gasteiger partial charge in [0.1, 0.15) is 17.8 Å². The molecule has 5 nitrogen and oxygen atoms in total. The van der Waals surface area contributed by atoms with E-state index in [0.717, 1.165) is 18.5 Å². The van der Waals surface area contributed by atoms with Crippen molar-refractivity contribution in [3.8, 4) is 0 Å². The van der Waals surface area contributed by atoms with Gasteiger partial charge in [-0.15, -0.1) is 0 Å². The number of amides is 1. The summed E-state index contributed by atoms with van der Waals surface area (Å²) in [5.74, 6) is 0.392. The van der Waals surface area contributed by atoms with Crippen molar-refractivity contribution < 1.29 is 4.79 Å². The Morgan fingerprint density at radius 3 is 2.70 bits per heavy atom. The van der Waals surface area contributed by atoms with Gasteiger partial charge < -0.3 is 10.6 Å². The largest absolute Gasteiger partial charge is 0.348 e. The minimum atomic E-state index is -0.151. The molecule has 0 spiro atoms. The van der Waals surface area contributed by atoms with Gasteiger partial charge in [0.05, 0.1) is 10.7 Å². The van der Waals surface area contributed by atoms with E-state index in [9.17, 15) is 4.79 Å². The number of nitrogens with zero attached hydrogens (tertiary/aromatic N) is 2. The first kappa shape index (κ1) is 15.7. The number of nitrogens with one attached hydrogen (secondary N) is 2. The Balaban J connectivity index is 1.69. The number of hydrogen-bond acceptors (Lipinski definition) is 4.